The zero-order valence-electron chi connectivity index (χ0n) is 14.1. The zero-order valence-corrected chi connectivity index (χ0v) is 15.8. The van der Waals surface area contributed by atoms with Crippen molar-refractivity contribution >= 4 is 41.8 Å². The highest BCUT2D eigenvalue weighted by molar-refractivity contribution is 5.85. The summed E-state index contributed by atoms with van der Waals surface area (Å²) in [6.45, 7) is 4.43. The van der Waals surface area contributed by atoms with Crippen molar-refractivity contribution < 1.29 is 4.39 Å². The summed E-state index contributed by atoms with van der Waals surface area (Å²) >= 11 is 0. The molecule has 0 bridgehead atoms. The number of aromatic amines is 1. The van der Waals surface area contributed by atoms with Crippen LogP contribution in [0.4, 0.5) is 10.3 Å². The molecule has 26 heavy (non-hydrogen) atoms. The van der Waals surface area contributed by atoms with Crippen LogP contribution in [0.15, 0.2) is 36.7 Å². The van der Waals surface area contributed by atoms with E-state index in [0.29, 0.717) is 0 Å². The SMILES string of the molecule is Cl.Cl.Fc1cccc(CN2CCCN(c3ncc4cn[nH]c4n3)CC2)c1. The highest BCUT2D eigenvalue weighted by Crippen LogP contribution is 2.16. The molecule has 2 aromatic heterocycles. The van der Waals surface area contributed by atoms with Crippen LogP contribution >= 0.6 is 24.8 Å². The van der Waals surface area contributed by atoms with Gasteiger partial charge in [0, 0.05) is 38.9 Å². The maximum absolute atomic E-state index is 13.3. The highest BCUT2D eigenvalue weighted by Gasteiger charge is 2.17. The van der Waals surface area contributed by atoms with Gasteiger partial charge in [-0.1, -0.05) is 12.1 Å². The van der Waals surface area contributed by atoms with Gasteiger partial charge in [0.2, 0.25) is 5.95 Å². The maximum atomic E-state index is 13.3. The number of rotatable bonds is 3. The zero-order chi connectivity index (χ0) is 16.4. The number of fused-ring (bicyclic) bond motifs is 1. The van der Waals surface area contributed by atoms with Gasteiger partial charge in [-0.25, -0.2) is 9.37 Å². The Bertz CT molecular complexity index is 843. The lowest BCUT2D eigenvalue weighted by atomic mass is 10.2. The van der Waals surface area contributed by atoms with Crippen molar-refractivity contribution in [2.24, 2.45) is 0 Å². The molecule has 4 rings (SSSR count). The number of H-pyrrole nitrogens is 1. The Balaban J connectivity index is 0.00000121. The predicted octanol–water partition coefficient (Wildman–Crippen LogP) is 3.05. The molecule has 1 N–H and O–H groups in total. The molecule has 0 saturated carbocycles. The number of aromatic nitrogens is 4. The molecule has 140 valence electrons. The first kappa shape index (κ1) is 20.4. The number of hydrogen-bond acceptors (Lipinski definition) is 5. The van der Waals surface area contributed by atoms with Crippen LogP contribution in [-0.4, -0.2) is 51.2 Å². The second-order valence-electron chi connectivity index (χ2n) is 6.09. The third kappa shape index (κ3) is 4.60. The van der Waals surface area contributed by atoms with E-state index in [1.54, 1.807) is 24.5 Å². The van der Waals surface area contributed by atoms with E-state index in [4.69, 9.17) is 0 Å². The van der Waals surface area contributed by atoms with Gasteiger partial charge in [-0.15, -0.1) is 24.8 Å². The summed E-state index contributed by atoms with van der Waals surface area (Å²) in [6, 6.07) is 6.83. The van der Waals surface area contributed by atoms with Crippen molar-refractivity contribution in [2.75, 3.05) is 31.1 Å². The Labute approximate surface area is 163 Å². The standard InChI is InChI=1S/C17H19FN6.2ClH/c18-15-4-1-3-13(9-15)12-23-5-2-6-24(8-7-23)17-19-10-14-11-20-22-16(14)21-17;;/h1,3-4,9-11H,2,5-8,12H2,(H,19,20,21,22);2*1H. The minimum atomic E-state index is -0.176. The van der Waals surface area contributed by atoms with E-state index >= 15 is 0 Å². The van der Waals surface area contributed by atoms with Gasteiger partial charge in [-0.2, -0.15) is 10.1 Å². The first-order valence-electron chi connectivity index (χ1n) is 8.16. The van der Waals surface area contributed by atoms with Crippen LogP contribution < -0.4 is 4.90 Å². The Morgan fingerprint density at radius 1 is 1.08 bits per heavy atom. The first-order chi connectivity index (χ1) is 11.8. The van der Waals surface area contributed by atoms with Crippen molar-refractivity contribution in [3.63, 3.8) is 0 Å². The molecule has 6 nitrogen and oxygen atoms in total. The van der Waals surface area contributed by atoms with E-state index in [0.717, 1.165) is 61.7 Å². The topological polar surface area (TPSA) is 60.9 Å². The second-order valence-corrected chi connectivity index (χ2v) is 6.09. The number of anilines is 1. The summed E-state index contributed by atoms with van der Waals surface area (Å²) in [5.41, 5.74) is 1.78. The molecular weight excluding hydrogens is 378 g/mol. The van der Waals surface area contributed by atoms with E-state index < -0.39 is 0 Å². The lowest BCUT2D eigenvalue weighted by Gasteiger charge is -2.22. The molecule has 0 amide bonds. The van der Waals surface area contributed by atoms with Crippen LogP contribution in [0.5, 0.6) is 0 Å². The van der Waals surface area contributed by atoms with Gasteiger partial charge in [-0.05, 0) is 24.1 Å². The van der Waals surface area contributed by atoms with Gasteiger partial charge in [0.1, 0.15) is 5.82 Å². The Hall–Kier alpha value is -1.96. The van der Waals surface area contributed by atoms with Gasteiger partial charge >= 0.3 is 0 Å². The molecular formula is C17H21Cl2FN6. The summed E-state index contributed by atoms with van der Waals surface area (Å²) in [7, 11) is 0. The molecule has 1 fully saturated rings. The lowest BCUT2D eigenvalue weighted by Crippen LogP contribution is -2.31. The van der Waals surface area contributed by atoms with Gasteiger partial charge in [0.05, 0.1) is 11.6 Å². The number of nitrogens with one attached hydrogen (secondary N) is 1. The monoisotopic (exact) mass is 398 g/mol. The van der Waals surface area contributed by atoms with Crippen LogP contribution in [0.3, 0.4) is 0 Å². The van der Waals surface area contributed by atoms with E-state index in [9.17, 15) is 4.39 Å². The van der Waals surface area contributed by atoms with Crippen LogP contribution in [0.1, 0.15) is 12.0 Å². The van der Waals surface area contributed by atoms with Crippen LogP contribution in [0.25, 0.3) is 11.0 Å². The molecule has 0 unspecified atom stereocenters. The Morgan fingerprint density at radius 2 is 1.96 bits per heavy atom. The maximum Gasteiger partial charge on any atom is 0.227 e. The van der Waals surface area contributed by atoms with E-state index in [-0.39, 0.29) is 30.6 Å². The second kappa shape index (κ2) is 9.12. The fourth-order valence-electron chi connectivity index (χ4n) is 3.10. The minimum absolute atomic E-state index is 0. The average molecular weight is 399 g/mol. The number of hydrogen-bond donors (Lipinski definition) is 1. The van der Waals surface area contributed by atoms with Gasteiger partial charge in [-0.3, -0.25) is 10.00 Å². The quantitative estimate of drug-likeness (QED) is 0.734. The van der Waals surface area contributed by atoms with E-state index in [1.165, 1.54) is 6.07 Å². The fourth-order valence-corrected chi connectivity index (χ4v) is 3.10. The van der Waals surface area contributed by atoms with Crippen LogP contribution in [0, 0.1) is 5.82 Å². The lowest BCUT2D eigenvalue weighted by molar-refractivity contribution is 0.285. The number of halogens is 3. The fraction of sp³-hybridized carbons (Fsp3) is 0.353. The first-order valence-corrected chi connectivity index (χ1v) is 8.16. The molecule has 9 heteroatoms. The van der Waals surface area contributed by atoms with Crippen LogP contribution in [0.2, 0.25) is 0 Å². The van der Waals surface area contributed by atoms with Gasteiger partial charge < -0.3 is 4.90 Å². The molecule has 0 atom stereocenters. The molecule has 1 aliphatic heterocycles. The van der Waals surface area contributed by atoms with Crippen molar-refractivity contribution in [3.8, 4) is 0 Å². The summed E-state index contributed by atoms with van der Waals surface area (Å²) in [5.74, 6) is 0.560. The Morgan fingerprint density at radius 3 is 2.81 bits per heavy atom. The van der Waals surface area contributed by atoms with Gasteiger partial charge in [0.25, 0.3) is 0 Å². The molecule has 3 heterocycles. The van der Waals surface area contributed by atoms with Gasteiger partial charge in [0.15, 0.2) is 5.65 Å². The average Bonchev–Trinajstić information content (AvgIpc) is 2.93. The summed E-state index contributed by atoms with van der Waals surface area (Å²) in [6.07, 6.45) is 4.55. The summed E-state index contributed by atoms with van der Waals surface area (Å²) in [5, 5.41) is 7.79. The molecule has 1 aliphatic rings. The molecule has 1 aromatic carbocycles. The van der Waals surface area contributed by atoms with Crippen molar-refractivity contribution in [3.05, 3.63) is 48.0 Å². The largest absolute Gasteiger partial charge is 0.339 e. The summed E-state index contributed by atoms with van der Waals surface area (Å²) < 4.78 is 13.3. The molecule has 0 spiro atoms. The molecule has 3 aromatic rings. The predicted molar refractivity (Wildman–Crippen MR) is 105 cm³/mol. The molecule has 0 radical (unpaired) electrons. The number of benzene rings is 1. The number of nitrogens with zero attached hydrogens (tertiary/aromatic N) is 5. The van der Waals surface area contributed by atoms with E-state index in [2.05, 4.69) is 30.0 Å². The van der Waals surface area contributed by atoms with Crippen molar-refractivity contribution in [2.45, 2.75) is 13.0 Å². The third-order valence-corrected chi connectivity index (χ3v) is 4.35. The molecule has 1 saturated heterocycles. The third-order valence-electron chi connectivity index (χ3n) is 4.35. The van der Waals surface area contributed by atoms with Crippen molar-refractivity contribution in [1.29, 1.82) is 0 Å². The minimum Gasteiger partial charge on any atom is -0.339 e. The smallest absolute Gasteiger partial charge is 0.227 e. The normalized spacial score (nSPS) is 15.2. The highest BCUT2D eigenvalue weighted by atomic mass is 35.5. The summed E-state index contributed by atoms with van der Waals surface area (Å²) in [4.78, 5) is 13.6. The van der Waals surface area contributed by atoms with E-state index in [1.807, 2.05) is 6.07 Å². The molecule has 0 aliphatic carbocycles. The van der Waals surface area contributed by atoms with Crippen molar-refractivity contribution in [1.82, 2.24) is 25.1 Å². The van der Waals surface area contributed by atoms with Crippen LogP contribution in [-0.2, 0) is 6.54 Å². The Kier molecular flexibility index (Phi) is 7.14.